The third kappa shape index (κ3) is 16.1. The van der Waals surface area contributed by atoms with Gasteiger partial charge in [-0.3, -0.25) is 14.4 Å². The van der Waals surface area contributed by atoms with Crippen LogP contribution < -0.4 is 21.1 Å². The molecule has 276 valence electrons. The first-order valence-corrected chi connectivity index (χ1v) is 19.2. The van der Waals surface area contributed by atoms with E-state index in [2.05, 4.69) is 33.5 Å². The molecule has 0 saturated heterocycles. The Kier molecular flexibility index (Phi) is 19.6. The Labute approximate surface area is 306 Å². The van der Waals surface area contributed by atoms with Crippen LogP contribution in [0.5, 0.6) is 5.75 Å². The molecule has 2 aromatic carbocycles. The zero-order valence-electron chi connectivity index (χ0n) is 29.6. The highest BCUT2D eigenvalue weighted by molar-refractivity contribution is 9.10. The van der Waals surface area contributed by atoms with Crippen LogP contribution in [0.2, 0.25) is 0 Å². The Morgan fingerprint density at radius 2 is 1.56 bits per heavy atom. The van der Waals surface area contributed by atoms with Gasteiger partial charge in [-0.2, -0.15) is 0 Å². The molecule has 10 nitrogen and oxygen atoms in total. The Bertz CT molecular complexity index is 1320. The van der Waals surface area contributed by atoms with E-state index in [0.29, 0.717) is 38.3 Å². The topological polar surface area (TPSA) is 146 Å². The summed E-state index contributed by atoms with van der Waals surface area (Å²) in [6.07, 6.45) is 12.3. The Balaban J connectivity index is 1.46. The Morgan fingerprint density at radius 3 is 2.28 bits per heavy atom. The highest BCUT2D eigenvalue weighted by Gasteiger charge is 2.29. The minimum Gasteiger partial charge on any atom is -0.465 e. The van der Waals surface area contributed by atoms with Gasteiger partial charge < -0.3 is 30.6 Å². The fourth-order valence-electron chi connectivity index (χ4n) is 6.03. The molecule has 11 heteroatoms. The highest BCUT2D eigenvalue weighted by atomic mass is 79.9. The van der Waals surface area contributed by atoms with Gasteiger partial charge in [-0.15, -0.1) is 0 Å². The van der Waals surface area contributed by atoms with Gasteiger partial charge in [0, 0.05) is 29.4 Å². The lowest BCUT2D eigenvalue weighted by Gasteiger charge is -2.28. The van der Waals surface area contributed by atoms with Crippen molar-refractivity contribution in [2.45, 2.75) is 116 Å². The van der Waals surface area contributed by atoms with Gasteiger partial charge in [-0.05, 0) is 81.2 Å². The van der Waals surface area contributed by atoms with Gasteiger partial charge >= 0.3 is 12.1 Å². The predicted molar refractivity (Wildman–Crippen MR) is 197 cm³/mol. The van der Waals surface area contributed by atoms with Crippen molar-refractivity contribution in [1.29, 1.82) is 0 Å². The predicted octanol–water partition coefficient (Wildman–Crippen LogP) is 7.54. The monoisotopic (exact) mass is 757 g/mol. The fourth-order valence-corrected chi connectivity index (χ4v) is 6.43. The first-order valence-electron chi connectivity index (χ1n) is 18.4. The zero-order chi connectivity index (χ0) is 36.0. The second-order valence-electron chi connectivity index (χ2n) is 13.2. The molecule has 1 aliphatic carbocycles. The van der Waals surface area contributed by atoms with E-state index in [0.717, 1.165) is 67.0 Å². The molecular formula is C39H56BrN3O7. The minimum absolute atomic E-state index is 0.0638. The average Bonchev–Trinajstić information content (AvgIpc) is 3.12. The number of nitrogens with two attached hydrogens (primary N) is 1. The SMILES string of the molecule is CCCCCCCCOC(=O)C1CCC(CNC(=O)[C@H](Cc2ccc(OC(=O)OCc3ccccc3Br)cc2)NC(=O)CCCCCN)CC1. The minimum atomic E-state index is -0.827. The second kappa shape index (κ2) is 23.9. The number of ether oxygens (including phenoxy) is 3. The lowest BCUT2D eigenvalue weighted by atomic mass is 9.82. The number of hydrogen-bond donors (Lipinski definition) is 3. The first-order chi connectivity index (χ1) is 24.3. The molecule has 0 aliphatic heterocycles. The summed E-state index contributed by atoms with van der Waals surface area (Å²) in [4.78, 5) is 51.0. The highest BCUT2D eigenvalue weighted by Crippen LogP contribution is 2.29. The zero-order valence-corrected chi connectivity index (χ0v) is 31.2. The maximum absolute atomic E-state index is 13.4. The van der Waals surface area contributed by atoms with Crippen molar-refractivity contribution in [3.63, 3.8) is 0 Å². The normalized spacial score (nSPS) is 16.2. The average molecular weight is 759 g/mol. The van der Waals surface area contributed by atoms with Crippen LogP contribution in [-0.4, -0.2) is 49.7 Å². The van der Waals surface area contributed by atoms with E-state index in [-0.39, 0.29) is 42.6 Å². The lowest BCUT2D eigenvalue weighted by Crippen LogP contribution is -2.49. The van der Waals surface area contributed by atoms with E-state index in [9.17, 15) is 19.2 Å². The van der Waals surface area contributed by atoms with Crippen LogP contribution in [0.25, 0.3) is 0 Å². The van der Waals surface area contributed by atoms with E-state index in [1.54, 1.807) is 24.3 Å². The van der Waals surface area contributed by atoms with Gasteiger partial charge in [0.2, 0.25) is 11.8 Å². The lowest BCUT2D eigenvalue weighted by molar-refractivity contribution is -0.150. The molecule has 0 unspecified atom stereocenters. The summed E-state index contributed by atoms with van der Waals surface area (Å²) in [5, 5.41) is 5.98. The quantitative estimate of drug-likeness (QED) is 0.0635. The van der Waals surface area contributed by atoms with Crippen molar-refractivity contribution < 1.29 is 33.4 Å². The summed E-state index contributed by atoms with van der Waals surface area (Å²) < 4.78 is 16.9. The first kappa shape index (κ1) is 41.0. The second-order valence-corrected chi connectivity index (χ2v) is 14.1. The van der Waals surface area contributed by atoms with Crippen LogP contribution in [0.15, 0.2) is 53.0 Å². The molecule has 3 rings (SSSR count). The standard InChI is InChI=1S/C39H56BrN3O7/c1-2-3-4-5-6-12-25-48-38(46)31-20-16-30(17-21-31)27-42-37(45)35(43-36(44)15-8-7-11-24-41)26-29-18-22-33(23-19-29)50-39(47)49-28-32-13-9-10-14-34(32)40/h9-10,13-14,18-19,22-23,30-31,35H,2-8,11-12,15-17,20-21,24-28,41H2,1H3,(H,42,45)(H,43,44)/t30?,31?,35-/m0/s1. The number of benzene rings is 2. The summed E-state index contributed by atoms with van der Waals surface area (Å²) in [5.41, 5.74) is 7.19. The van der Waals surface area contributed by atoms with Gasteiger partial charge in [0.05, 0.1) is 12.5 Å². The van der Waals surface area contributed by atoms with Gasteiger partial charge in [-0.25, -0.2) is 4.79 Å². The Hall–Kier alpha value is -3.44. The van der Waals surface area contributed by atoms with E-state index in [4.69, 9.17) is 19.9 Å². The Morgan fingerprint density at radius 1 is 0.860 bits per heavy atom. The molecule has 0 heterocycles. The summed E-state index contributed by atoms with van der Waals surface area (Å²) in [7, 11) is 0. The number of esters is 1. The van der Waals surface area contributed by atoms with Crippen LogP contribution in [0, 0.1) is 11.8 Å². The molecule has 1 atom stereocenters. The third-order valence-corrected chi connectivity index (χ3v) is 9.89. The van der Waals surface area contributed by atoms with Gasteiger partial charge in [0.15, 0.2) is 0 Å². The van der Waals surface area contributed by atoms with Crippen LogP contribution >= 0.6 is 15.9 Å². The molecule has 0 bridgehead atoms. The van der Waals surface area contributed by atoms with Gasteiger partial charge in [0.1, 0.15) is 18.4 Å². The molecule has 1 saturated carbocycles. The third-order valence-electron chi connectivity index (χ3n) is 9.11. The molecule has 0 aromatic heterocycles. The number of rotatable bonds is 22. The number of halogens is 1. The fraction of sp³-hybridized carbons (Fsp3) is 0.590. The number of unbranched alkanes of at least 4 members (excludes halogenated alkanes) is 7. The molecule has 2 aromatic rings. The molecule has 1 fully saturated rings. The maximum Gasteiger partial charge on any atom is 0.514 e. The van der Waals surface area contributed by atoms with E-state index in [1.807, 2.05) is 24.3 Å². The number of amides is 2. The van der Waals surface area contributed by atoms with Gasteiger partial charge in [0.25, 0.3) is 0 Å². The molecule has 4 N–H and O–H groups in total. The molecule has 1 aliphatic rings. The summed E-state index contributed by atoms with van der Waals surface area (Å²) >= 11 is 3.43. The van der Waals surface area contributed by atoms with Crippen molar-refractivity contribution in [3.8, 4) is 5.75 Å². The van der Waals surface area contributed by atoms with Gasteiger partial charge in [-0.1, -0.05) is 91.7 Å². The molecule has 0 spiro atoms. The molecule has 50 heavy (non-hydrogen) atoms. The number of nitrogens with one attached hydrogen (secondary N) is 2. The molecule has 0 radical (unpaired) electrons. The van der Waals surface area contributed by atoms with E-state index in [1.165, 1.54) is 25.7 Å². The van der Waals surface area contributed by atoms with Crippen molar-refractivity contribution >= 4 is 39.9 Å². The van der Waals surface area contributed by atoms with E-state index >= 15 is 0 Å². The number of carbonyl (C=O) groups is 4. The van der Waals surface area contributed by atoms with Crippen LogP contribution in [0.3, 0.4) is 0 Å². The molecular weight excluding hydrogens is 702 g/mol. The maximum atomic E-state index is 13.4. The number of carbonyl (C=O) groups excluding carboxylic acids is 4. The van der Waals surface area contributed by atoms with E-state index < -0.39 is 12.2 Å². The molecule has 2 amide bonds. The van der Waals surface area contributed by atoms with Crippen molar-refractivity contribution in [1.82, 2.24) is 10.6 Å². The van der Waals surface area contributed by atoms with Crippen LogP contribution in [0.4, 0.5) is 4.79 Å². The smallest absolute Gasteiger partial charge is 0.465 e. The van der Waals surface area contributed by atoms with Crippen molar-refractivity contribution in [2.24, 2.45) is 17.6 Å². The van der Waals surface area contributed by atoms with Crippen molar-refractivity contribution in [3.05, 3.63) is 64.1 Å². The van der Waals surface area contributed by atoms with Crippen molar-refractivity contribution in [2.75, 3.05) is 19.7 Å². The van der Waals surface area contributed by atoms with Crippen LogP contribution in [-0.2, 0) is 36.9 Å². The van der Waals surface area contributed by atoms with Crippen LogP contribution in [0.1, 0.15) is 108 Å². The summed E-state index contributed by atoms with van der Waals surface area (Å²) in [6.45, 7) is 3.82. The largest absolute Gasteiger partial charge is 0.514 e. The summed E-state index contributed by atoms with van der Waals surface area (Å²) in [5.74, 6) is -0.0463. The summed E-state index contributed by atoms with van der Waals surface area (Å²) in [6, 6.07) is 13.5. The number of hydrogen-bond acceptors (Lipinski definition) is 8.